The Labute approximate surface area is 389 Å². The number of aromatic amines is 2. The highest BCUT2D eigenvalue weighted by Gasteiger charge is 2.43. The third-order valence-corrected chi connectivity index (χ3v) is 13.0. The summed E-state index contributed by atoms with van der Waals surface area (Å²) in [6.45, 7) is 6.76. The maximum absolute atomic E-state index is 16.8. The Hall–Kier alpha value is -7.31. The molecule has 3 aromatic carbocycles. The normalized spacial score (nSPS) is 20.8. The van der Waals surface area contributed by atoms with E-state index in [2.05, 4.69) is 30.6 Å². The SMILES string of the molecule is COC(=O)N[C@H](C(=O)N1C[C@H](F)C[C@H]1c1ncc(-c2cc(F)c3c(c2)OC(c2ccccc2)n2c-3cc3cc(-c4cnc([C@@H]5C[C@@H](F)CN5C(=O)[C@@H](NC(=O)OC)C(C)C)[nH]4)ccc32)[nH]1)C(C)C. The number of alkyl halides is 2. The molecule has 3 aliphatic rings. The van der Waals surface area contributed by atoms with Crippen molar-refractivity contribution in [2.45, 2.75) is 83.3 Å². The summed E-state index contributed by atoms with van der Waals surface area (Å²) in [5.74, 6) is -1.11. The molecule has 7 atom stereocenters. The lowest BCUT2D eigenvalue weighted by Gasteiger charge is -2.31. The number of H-pyrrole nitrogens is 2. The van der Waals surface area contributed by atoms with Crippen molar-refractivity contribution in [2.75, 3.05) is 27.3 Å². The number of alkyl carbamates (subject to hydrolysis) is 2. The summed E-state index contributed by atoms with van der Waals surface area (Å²) in [7, 11) is 2.41. The number of amides is 4. The molecule has 2 saturated heterocycles. The minimum atomic E-state index is -1.33. The van der Waals surface area contributed by atoms with Crippen LogP contribution in [-0.2, 0) is 19.1 Å². The summed E-state index contributed by atoms with van der Waals surface area (Å²) in [5, 5.41) is 5.91. The van der Waals surface area contributed by atoms with E-state index in [1.54, 1.807) is 40.0 Å². The molecule has 0 saturated carbocycles. The van der Waals surface area contributed by atoms with Crippen LogP contribution < -0.4 is 15.4 Å². The summed E-state index contributed by atoms with van der Waals surface area (Å²) in [6.07, 6.45) is -1.73. The van der Waals surface area contributed by atoms with E-state index in [0.29, 0.717) is 34.3 Å². The van der Waals surface area contributed by atoms with Gasteiger partial charge >= 0.3 is 12.2 Å². The molecule has 3 aliphatic heterocycles. The number of hydrogen-bond acceptors (Lipinski definition) is 9. The van der Waals surface area contributed by atoms with Crippen molar-refractivity contribution in [1.82, 2.24) is 44.9 Å². The maximum Gasteiger partial charge on any atom is 0.407 e. The van der Waals surface area contributed by atoms with Gasteiger partial charge in [-0.1, -0.05) is 64.1 Å². The first-order valence-corrected chi connectivity index (χ1v) is 22.5. The van der Waals surface area contributed by atoms with Crippen molar-refractivity contribution in [2.24, 2.45) is 11.8 Å². The Bertz CT molecular complexity index is 2880. The van der Waals surface area contributed by atoms with Crippen LogP contribution >= 0.6 is 0 Å². The third-order valence-electron chi connectivity index (χ3n) is 13.0. The van der Waals surface area contributed by atoms with E-state index in [9.17, 15) is 19.2 Å². The molecule has 0 bridgehead atoms. The van der Waals surface area contributed by atoms with E-state index in [4.69, 9.17) is 14.2 Å². The first kappa shape index (κ1) is 45.8. The highest BCUT2D eigenvalue weighted by atomic mass is 19.1. The topological polar surface area (TPSA) is 189 Å². The first-order chi connectivity index (χ1) is 32.6. The zero-order chi connectivity index (χ0) is 48.1. The average molecular weight is 936 g/mol. The minimum Gasteiger partial charge on any atom is -0.465 e. The number of benzene rings is 3. The summed E-state index contributed by atoms with van der Waals surface area (Å²) in [5.41, 5.74) is 4.56. The molecule has 2 fully saturated rings. The fourth-order valence-corrected chi connectivity index (χ4v) is 9.57. The molecule has 0 aliphatic carbocycles. The van der Waals surface area contributed by atoms with E-state index in [1.807, 2.05) is 59.2 Å². The standard InChI is InChI=1S/C49H52F3N9O7/c1-24(2)41(57-48(64)66-5)45(62)59-22-30(50)18-37(59)43-53-20-33(55-43)27-12-13-35-29(14-27)16-36-40-32(52)15-28(17-39(40)68-47(61(35)36)26-10-8-7-9-11-26)34-21-54-44(56-34)38-19-31(51)23-60(38)46(63)42(25(3)4)58-49(65)67-6/h7-17,20-21,24-25,30-31,37-38,41-42,47H,18-19,22-23H2,1-6H3,(H,53,55)(H,54,56)(H,57,64)(H,58,65)/t30-,31-,37+,38+,41+,42+,47?/m1/s1. The number of methoxy groups -OCH3 is 2. The largest absolute Gasteiger partial charge is 0.465 e. The number of imidazole rings is 2. The molecule has 6 heterocycles. The fraction of sp³-hybridized carbons (Fsp3) is 0.388. The van der Waals surface area contributed by atoms with Gasteiger partial charge in [-0.2, -0.15) is 0 Å². The highest BCUT2D eigenvalue weighted by molar-refractivity contribution is 5.93. The van der Waals surface area contributed by atoms with Crippen LogP contribution in [0.4, 0.5) is 22.8 Å². The number of carbonyl (C=O) groups excluding carboxylic acids is 4. The summed E-state index contributed by atoms with van der Waals surface area (Å²) in [6, 6.07) is 16.9. The third kappa shape index (κ3) is 8.49. The van der Waals surface area contributed by atoms with Crippen LogP contribution in [0, 0.1) is 17.7 Å². The first-order valence-electron chi connectivity index (χ1n) is 22.5. The van der Waals surface area contributed by atoms with Crippen LogP contribution in [0.1, 0.15) is 76.1 Å². The Morgan fingerprint density at radius 1 is 0.735 bits per heavy atom. The summed E-state index contributed by atoms with van der Waals surface area (Å²) in [4.78, 5) is 70.1. The molecule has 3 aromatic heterocycles. The number of fused-ring (bicyclic) bond motifs is 5. The molecule has 16 nitrogen and oxygen atoms in total. The Morgan fingerprint density at radius 2 is 1.28 bits per heavy atom. The number of nitrogens with one attached hydrogen (secondary N) is 4. The number of likely N-dealkylation sites (tertiary alicyclic amines) is 2. The Morgan fingerprint density at radius 3 is 1.81 bits per heavy atom. The summed E-state index contributed by atoms with van der Waals surface area (Å²) >= 11 is 0. The lowest BCUT2D eigenvalue weighted by molar-refractivity contribution is -0.136. The Kier molecular flexibility index (Phi) is 12.4. The van der Waals surface area contributed by atoms with Crippen LogP contribution in [-0.4, -0.2) is 110 Å². The van der Waals surface area contributed by atoms with Crippen LogP contribution in [0.2, 0.25) is 0 Å². The van der Waals surface area contributed by atoms with Crippen molar-refractivity contribution in [3.05, 3.63) is 102 Å². The van der Waals surface area contributed by atoms with E-state index in [-0.39, 0.29) is 49.1 Å². The number of aromatic nitrogens is 5. The van der Waals surface area contributed by atoms with Gasteiger partial charge in [0.25, 0.3) is 0 Å². The van der Waals surface area contributed by atoms with Gasteiger partial charge in [0, 0.05) is 34.9 Å². The molecule has 9 rings (SSSR count). The molecule has 1 unspecified atom stereocenters. The van der Waals surface area contributed by atoms with E-state index < -0.39 is 72.6 Å². The predicted octanol–water partition coefficient (Wildman–Crippen LogP) is 8.15. The van der Waals surface area contributed by atoms with Gasteiger partial charge in [-0.15, -0.1) is 0 Å². The number of carbonyl (C=O) groups is 4. The molecule has 6 aromatic rings. The van der Waals surface area contributed by atoms with Crippen molar-refractivity contribution in [3.8, 4) is 39.5 Å². The van der Waals surface area contributed by atoms with Crippen molar-refractivity contribution in [3.63, 3.8) is 0 Å². The quantitative estimate of drug-likeness (QED) is 0.0994. The molecule has 0 spiro atoms. The smallest absolute Gasteiger partial charge is 0.407 e. The van der Waals surface area contributed by atoms with E-state index in [1.165, 1.54) is 36.3 Å². The van der Waals surface area contributed by atoms with Gasteiger partial charge in [0.2, 0.25) is 18.0 Å². The van der Waals surface area contributed by atoms with Gasteiger partial charge in [-0.3, -0.25) is 9.59 Å². The van der Waals surface area contributed by atoms with Crippen molar-refractivity contribution >= 4 is 34.9 Å². The number of nitrogens with zero attached hydrogens (tertiary/aromatic N) is 5. The molecule has 19 heteroatoms. The summed E-state index contributed by atoms with van der Waals surface area (Å²) < 4.78 is 65.0. The zero-order valence-corrected chi connectivity index (χ0v) is 38.3. The molecule has 4 N–H and O–H groups in total. The minimum absolute atomic E-state index is 0.0217. The van der Waals surface area contributed by atoms with Gasteiger partial charge in [-0.25, -0.2) is 32.7 Å². The number of hydrogen-bond donors (Lipinski definition) is 4. The van der Waals surface area contributed by atoms with Crippen molar-refractivity contribution < 1.29 is 46.6 Å². The van der Waals surface area contributed by atoms with Crippen molar-refractivity contribution in [1.29, 1.82) is 0 Å². The second kappa shape index (κ2) is 18.4. The Balaban J connectivity index is 1.03. The highest BCUT2D eigenvalue weighted by Crippen LogP contribution is 2.48. The number of ether oxygens (including phenoxy) is 3. The molecular weight excluding hydrogens is 884 g/mol. The van der Waals surface area contributed by atoms with Gasteiger partial charge in [0.1, 0.15) is 47.6 Å². The van der Waals surface area contributed by atoms with E-state index >= 15 is 13.2 Å². The van der Waals surface area contributed by atoms with Crippen LogP contribution in [0.5, 0.6) is 5.75 Å². The number of halogens is 3. The van der Waals surface area contributed by atoms with Crippen LogP contribution in [0.3, 0.4) is 0 Å². The lowest BCUT2D eigenvalue weighted by atomic mass is 10.0. The van der Waals surface area contributed by atoms with Crippen LogP contribution in [0.15, 0.2) is 79.1 Å². The van der Waals surface area contributed by atoms with Crippen LogP contribution in [0.25, 0.3) is 44.7 Å². The molecule has 4 amide bonds. The molecule has 0 radical (unpaired) electrons. The lowest BCUT2D eigenvalue weighted by Crippen LogP contribution is -2.51. The van der Waals surface area contributed by atoms with E-state index in [0.717, 1.165) is 22.0 Å². The molecule has 356 valence electrons. The second-order valence-corrected chi connectivity index (χ2v) is 18.1. The average Bonchev–Trinajstić information content (AvgIpc) is 4.19. The van der Waals surface area contributed by atoms with Gasteiger partial charge < -0.3 is 49.2 Å². The van der Waals surface area contributed by atoms with Gasteiger partial charge in [0.15, 0.2) is 0 Å². The molecule has 68 heavy (non-hydrogen) atoms. The maximum atomic E-state index is 16.8. The second-order valence-electron chi connectivity index (χ2n) is 18.1. The fourth-order valence-electron chi connectivity index (χ4n) is 9.57. The van der Waals surface area contributed by atoms with Gasteiger partial charge in [0.05, 0.1) is 79.9 Å². The monoisotopic (exact) mass is 935 g/mol. The van der Waals surface area contributed by atoms with Gasteiger partial charge in [-0.05, 0) is 42.2 Å². The number of rotatable bonds is 11. The zero-order valence-electron chi connectivity index (χ0n) is 38.3. The predicted molar refractivity (Wildman–Crippen MR) is 244 cm³/mol. The molecular formula is C49H52F3N9O7.